The van der Waals surface area contributed by atoms with Crippen LogP contribution in [0.5, 0.6) is 5.75 Å². The Balaban J connectivity index is 1.68. The largest absolute Gasteiger partial charge is 0.495 e. The van der Waals surface area contributed by atoms with Gasteiger partial charge in [-0.1, -0.05) is 11.6 Å². The van der Waals surface area contributed by atoms with Crippen molar-refractivity contribution in [3.05, 3.63) is 47.0 Å². The molecule has 1 saturated heterocycles. The van der Waals surface area contributed by atoms with E-state index in [2.05, 4.69) is 10.6 Å². The van der Waals surface area contributed by atoms with Crippen LogP contribution in [0.25, 0.3) is 0 Å². The van der Waals surface area contributed by atoms with Crippen molar-refractivity contribution in [2.45, 2.75) is 25.9 Å². The topological polar surface area (TPSA) is 59.6 Å². The maximum absolute atomic E-state index is 12.1. The van der Waals surface area contributed by atoms with Crippen LogP contribution in [-0.4, -0.2) is 25.7 Å². The predicted molar refractivity (Wildman–Crippen MR) is 100 cm³/mol. The van der Waals surface area contributed by atoms with Crippen LogP contribution in [0.4, 0.5) is 17.1 Å². The Morgan fingerprint density at radius 1 is 1.24 bits per heavy atom. The zero-order valence-corrected chi connectivity index (χ0v) is 15.0. The van der Waals surface area contributed by atoms with Crippen LogP contribution in [0, 0.1) is 6.92 Å². The molecule has 25 heavy (non-hydrogen) atoms. The molecule has 0 aromatic heterocycles. The van der Waals surface area contributed by atoms with E-state index in [1.54, 1.807) is 13.2 Å². The third-order valence-corrected chi connectivity index (χ3v) is 4.54. The lowest BCUT2D eigenvalue weighted by Gasteiger charge is -2.14. The molecule has 2 aromatic carbocycles. The zero-order valence-electron chi connectivity index (χ0n) is 14.3. The highest BCUT2D eigenvalue weighted by Gasteiger charge is 2.23. The molecule has 6 heteroatoms. The summed E-state index contributed by atoms with van der Waals surface area (Å²) >= 11 is 6.13. The van der Waals surface area contributed by atoms with Gasteiger partial charge in [-0.2, -0.15) is 0 Å². The van der Waals surface area contributed by atoms with E-state index in [0.29, 0.717) is 17.4 Å². The maximum atomic E-state index is 12.1. The summed E-state index contributed by atoms with van der Waals surface area (Å²) in [7, 11) is 1.61. The minimum Gasteiger partial charge on any atom is -0.495 e. The van der Waals surface area contributed by atoms with Crippen LogP contribution < -0.4 is 15.4 Å². The molecule has 1 unspecified atom stereocenters. The van der Waals surface area contributed by atoms with Crippen LogP contribution in [0.1, 0.15) is 18.4 Å². The van der Waals surface area contributed by atoms with E-state index in [0.717, 1.165) is 35.5 Å². The van der Waals surface area contributed by atoms with Gasteiger partial charge < -0.3 is 20.1 Å². The Bertz CT molecular complexity index is 756. The lowest BCUT2D eigenvalue weighted by atomic mass is 10.2. The third-order valence-electron chi connectivity index (χ3n) is 4.13. The number of ether oxygens (including phenoxy) is 2. The fourth-order valence-electron chi connectivity index (χ4n) is 2.73. The number of benzene rings is 2. The first-order valence-corrected chi connectivity index (χ1v) is 8.58. The van der Waals surface area contributed by atoms with Crippen LogP contribution in [0.3, 0.4) is 0 Å². The second-order valence-corrected chi connectivity index (χ2v) is 6.40. The summed E-state index contributed by atoms with van der Waals surface area (Å²) in [6, 6.07) is 11.2. The van der Waals surface area contributed by atoms with Gasteiger partial charge in [0.1, 0.15) is 11.9 Å². The molecule has 3 rings (SSSR count). The van der Waals surface area contributed by atoms with Crippen molar-refractivity contribution < 1.29 is 14.3 Å². The molecule has 0 bridgehead atoms. The molecule has 1 aliphatic heterocycles. The normalized spacial score (nSPS) is 16.5. The summed E-state index contributed by atoms with van der Waals surface area (Å²) in [5.74, 6) is 0.583. The highest BCUT2D eigenvalue weighted by atomic mass is 35.5. The number of nitrogens with one attached hydrogen (secondary N) is 2. The van der Waals surface area contributed by atoms with Crippen molar-refractivity contribution in [2.75, 3.05) is 24.4 Å². The Morgan fingerprint density at radius 3 is 2.60 bits per heavy atom. The molecule has 0 radical (unpaired) electrons. The van der Waals surface area contributed by atoms with Gasteiger partial charge in [0.2, 0.25) is 0 Å². The van der Waals surface area contributed by atoms with Gasteiger partial charge in [0.25, 0.3) is 5.91 Å². The second kappa shape index (κ2) is 7.76. The lowest BCUT2D eigenvalue weighted by molar-refractivity contribution is -0.124. The fraction of sp³-hybridized carbons (Fsp3) is 0.316. The first-order valence-electron chi connectivity index (χ1n) is 8.20. The van der Waals surface area contributed by atoms with Gasteiger partial charge in [0.05, 0.1) is 12.8 Å². The minimum atomic E-state index is -0.334. The van der Waals surface area contributed by atoms with Crippen molar-refractivity contribution in [1.29, 1.82) is 0 Å². The Morgan fingerprint density at radius 2 is 1.96 bits per heavy atom. The average Bonchev–Trinajstić information content (AvgIpc) is 3.14. The SMILES string of the molecule is COc1cc(Cl)c(C)cc1Nc1ccc(NC(=O)C2CCCO2)cc1. The number of aryl methyl sites for hydroxylation is 1. The van der Waals surface area contributed by atoms with E-state index in [9.17, 15) is 4.79 Å². The van der Waals surface area contributed by atoms with E-state index in [-0.39, 0.29) is 12.0 Å². The Hall–Kier alpha value is -2.24. The van der Waals surface area contributed by atoms with Gasteiger partial charge in [-0.3, -0.25) is 4.79 Å². The Labute approximate surface area is 152 Å². The fourth-order valence-corrected chi connectivity index (χ4v) is 2.88. The summed E-state index contributed by atoms with van der Waals surface area (Å²) in [6.07, 6.45) is 1.38. The first-order chi connectivity index (χ1) is 12.1. The molecule has 0 aliphatic carbocycles. The van der Waals surface area contributed by atoms with E-state index in [1.165, 1.54) is 0 Å². The van der Waals surface area contributed by atoms with Crippen molar-refractivity contribution in [3.63, 3.8) is 0 Å². The van der Waals surface area contributed by atoms with E-state index >= 15 is 0 Å². The number of rotatable bonds is 5. The molecule has 5 nitrogen and oxygen atoms in total. The highest BCUT2D eigenvalue weighted by Crippen LogP contribution is 2.33. The number of anilines is 3. The molecule has 2 N–H and O–H groups in total. The Kier molecular flexibility index (Phi) is 5.46. The van der Waals surface area contributed by atoms with Crippen LogP contribution in [-0.2, 0) is 9.53 Å². The van der Waals surface area contributed by atoms with Crippen molar-refractivity contribution in [3.8, 4) is 5.75 Å². The maximum Gasteiger partial charge on any atom is 0.253 e. The molecule has 0 saturated carbocycles. The molecular formula is C19H21ClN2O3. The third kappa shape index (κ3) is 4.24. The van der Waals surface area contributed by atoms with E-state index in [1.807, 2.05) is 37.3 Å². The summed E-state index contributed by atoms with van der Waals surface area (Å²) in [5, 5.41) is 6.85. The van der Waals surface area contributed by atoms with Gasteiger partial charge in [-0.15, -0.1) is 0 Å². The molecule has 132 valence electrons. The van der Waals surface area contributed by atoms with Crippen LogP contribution in [0.2, 0.25) is 5.02 Å². The first kappa shape index (κ1) is 17.6. The highest BCUT2D eigenvalue weighted by molar-refractivity contribution is 6.31. The van der Waals surface area contributed by atoms with Gasteiger partial charge in [0, 0.05) is 29.1 Å². The molecule has 1 aliphatic rings. The number of hydrogen-bond acceptors (Lipinski definition) is 4. The predicted octanol–water partition coefficient (Wildman–Crippen LogP) is 4.52. The van der Waals surface area contributed by atoms with Crippen LogP contribution >= 0.6 is 11.6 Å². The molecule has 1 heterocycles. The summed E-state index contributed by atoms with van der Waals surface area (Å²) in [4.78, 5) is 12.1. The molecule has 2 aromatic rings. The summed E-state index contributed by atoms with van der Waals surface area (Å²) in [6.45, 7) is 2.60. The molecule has 1 amide bonds. The molecule has 1 fully saturated rings. The molecule has 0 spiro atoms. The molecule has 1 atom stereocenters. The van der Waals surface area contributed by atoms with E-state index < -0.39 is 0 Å². The monoisotopic (exact) mass is 360 g/mol. The van der Waals surface area contributed by atoms with Gasteiger partial charge in [-0.05, 0) is 55.7 Å². The lowest BCUT2D eigenvalue weighted by Crippen LogP contribution is -2.26. The number of halogens is 1. The number of methoxy groups -OCH3 is 1. The van der Waals surface area contributed by atoms with Crippen molar-refractivity contribution in [1.82, 2.24) is 0 Å². The van der Waals surface area contributed by atoms with Gasteiger partial charge in [-0.25, -0.2) is 0 Å². The molecular weight excluding hydrogens is 340 g/mol. The second-order valence-electron chi connectivity index (χ2n) is 5.99. The smallest absolute Gasteiger partial charge is 0.253 e. The number of carbonyl (C=O) groups is 1. The number of amides is 1. The number of carbonyl (C=O) groups excluding carboxylic acids is 1. The quantitative estimate of drug-likeness (QED) is 0.823. The summed E-state index contributed by atoms with van der Waals surface area (Å²) in [5.41, 5.74) is 3.42. The van der Waals surface area contributed by atoms with Crippen molar-refractivity contribution in [2.24, 2.45) is 0 Å². The van der Waals surface area contributed by atoms with E-state index in [4.69, 9.17) is 21.1 Å². The van der Waals surface area contributed by atoms with Crippen molar-refractivity contribution >= 4 is 34.6 Å². The van der Waals surface area contributed by atoms with Gasteiger partial charge in [0.15, 0.2) is 0 Å². The zero-order chi connectivity index (χ0) is 17.8. The van der Waals surface area contributed by atoms with Gasteiger partial charge >= 0.3 is 0 Å². The minimum absolute atomic E-state index is 0.0896. The standard InChI is InChI=1S/C19H21ClN2O3/c1-12-10-16(18(24-2)11-15(12)20)21-13-5-7-14(8-6-13)22-19(23)17-4-3-9-25-17/h5-8,10-11,17,21H,3-4,9H2,1-2H3,(H,22,23). The summed E-state index contributed by atoms with van der Waals surface area (Å²) < 4.78 is 10.8. The average molecular weight is 361 g/mol. The van der Waals surface area contributed by atoms with Crippen LogP contribution in [0.15, 0.2) is 36.4 Å². The number of hydrogen-bond donors (Lipinski definition) is 2.